The van der Waals surface area contributed by atoms with Gasteiger partial charge in [0.25, 0.3) is 0 Å². The number of ether oxygens (including phenoxy) is 2. The highest BCUT2D eigenvalue weighted by Gasteiger charge is 2.18. The standard InChI is InChI=1S/C9H11BO2/c10-8-4-2-1-3-7(8)9-11-5-6-12-9/h1-4,9H,5-6,10H2. The quantitative estimate of drug-likeness (QED) is 0.540. The van der Waals surface area contributed by atoms with Gasteiger partial charge in [0.05, 0.1) is 13.2 Å². The van der Waals surface area contributed by atoms with Gasteiger partial charge in [-0.15, -0.1) is 0 Å². The van der Waals surface area contributed by atoms with Crippen LogP contribution in [0.5, 0.6) is 0 Å². The lowest BCUT2D eigenvalue weighted by molar-refractivity contribution is -0.0433. The van der Waals surface area contributed by atoms with Crippen LogP contribution in [-0.2, 0) is 9.47 Å². The van der Waals surface area contributed by atoms with Crippen molar-refractivity contribution in [2.75, 3.05) is 13.2 Å². The highest BCUT2D eigenvalue weighted by Crippen LogP contribution is 2.20. The predicted octanol–water partition coefficient (Wildman–Crippen LogP) is -0.00960. The van der Waals surface area contributed by atoms with Crippen LogP contribution in [0.4, 0.5) is 0 Å². The van der Waals surface area contributed by atoms with Gasteiger partial charge in [0.2, 0.25) is 0 Å². The summed E-state index contributed by atoms with van der Waals surface area (Å²) in [6.07, 6.45) is -0.133. The van der Waals surface area contributed by atoms with E-state index in [4.69, 9.17) is 9.47 Å². The number of rotatable bonds is 1. The first-order valence-electron chi connectivity index (χ1n) is 4.16. The Balaban J connectivity index is 2.26. The molecule has 1 aliphatic heterocycles. The van der Waals surface area contributed by atoms with E-state index in [1.54, 1.807) is 0 Å². The molecule has 0 unspecified atom stereocenters. The molecule has 0 N–H and O–H groups in total. The summed E-state index contributed by atoms with van der Waals surface area (Å²) >= 11 is 0. The molecule has 0 aromatic heterocycles. The van der Waals surface area contributed by atoms with Crippen LogP contribution in [0.3, 0.4) is 0 Å². The molecule has 1 heterocycles. The predicted molar refractivity (Wildman–Crippen MR) is 49.3 cm³/mol. The highest BCUT2D eigenvalue weighted by molar-refractivity contribution is 6.33. The molecule has 0 aliphatic carbocycles. The molecule has 0 amide bonds. The zero-order valence-electron chi connectivity index (χ0n) is 7.12. The van der Waals surface area contributed by atoms with E-state index in [1.165, 1.54) is 5.46 Å². The fraction of sp³-hybridized carbons (Fsp3) is 0.333. The summed E-state index contributed by atoms with van der Waals surface area (Å²) in [6.45, 7) is 1.41. The Bertz CT molecular complexity index is 269. The molecule has 1 saturated heterocycles. The van der Waals surface area contributed by atoms with Gasteiger partial charge in [0, 0.05) is 5.56 Å². The summed E-state index contributed by atoms with van der Waals surface area (Å²) in [5.74, 6) is 0. The van der Waals surface area contributed by atoms with Gasteiger partial charge >= 0.3 is 0 Å². The van der Waals surface area contributed by atoms with E-state index in [0.717, 1.165) is 5.56 Å². The van der Waals surface area contributed by atoms with Gasteiger partial charge in [-0.05, 0) is 0 Å². The van der Waals surface area contributed by atoms with E-state index in [0.29, 0.717) is 13.2 Å². The van der Waals surface area contributed by atoms with Gasteiger partial charge in [-0.1, -0.05) is 29.7 Å². The second-order valence-electron chi connectivity index (χ2n) is 2.93. The highest BCUT2D eigenvalue weighted by atomic mass is 16.7. The number of hydrogen-bond acceptors (Lipinski definition) is 2. The second kappa shape index (κ2) is 3.29. The van der Waals surface area contributed by atoms with Crippen LogP contribution in [0.15, 0.2) is 24.3 Å². The van der Waals surface area contributed by atoms with E-state index in [9.17, 15) is 0 Å². The maximum Gasteiger partial charge on any atom is 0.183 e. The normalized spacial score (nSPS) is 18.3. The van der Waals surface area contributed by atoms with Gasteiger partial charge < -0.3 is 9.47 Å². The molecular weight excluding hydrogens is 151 g/mol. The van der Waals surface area contributed by atoms with Crippen LogP contribution in [-0.4, -0.2) is 21.1 Å². The summed E-state index contributed by atoms with van der Waals surface area (Å²) < 4.78 is 10.8. The first-order chi connectivity index (χ1) is 5.88. The summed E-state index contributed by atoms with van der Waals surface area (Å²) in [5.41, 5.74) is 2.37. The smallest absolute Gasteiger partial charge is 0.183 e. The lowest BCUT2D eigenvalue weighted by atomic mass is 9.90. The van der Waals surface area contributed by atoms with Gasteiger partial charge in [0.15, 0.2) is 6.29 Å². The maximum atomic E-state index is 5.40. The molecule has 2 nitrogen and oxygen atoms in total. The van der Waals surface area contributed by atoms with Crippen LogP contribution >= 0.6 is 0 Å². The molecule has 0 spiro atoms. The minimum absolute atomic E-state index is 0.133. The van der Waals surface area contributed by atoms with Crippen molar-refractivity contribution in [1.29, 1.82) is 0 Å². The molecule has 3 heteroatoms. The fourth-order valence-corrected chi connectivity index (χ4v) is 1.39. The molecule has 12 heavy (non-hydrogen) atoms. The molecule has 1 aromatic rings. The van der Waals surface area contributed by atoms with E-state index >= 15 is 0 Å². The van der Waals surface area contributed by atoms with E-state index in [1.807, 2.05) is 18.2 Å². The van der Waals surface area contributed by atoms with Crippen molar-refractivity contribution in [2.45, 2.75) is 6.29 Å². The van der Waals surface area contributed by atoms with Crippen molar-refractivity contribution in [1.82, 2.24) is 0 Å². The Morgan fingerprint density at radius 3 is 2.50 bits per heavy atom. The maximum absolute atomic E-state index is 5.40. The van der Waals surface area contributed by atoms with Crippen molar-refractivity contribution >= 4 is 13.3 Å². The van der Waals surface area contributed by atoms with Crippen LogP contribution in [0.1, 0.15) is 11.9 Å². The minimum Gasteiger partial charge on any atom is -0.346 e. The molecule has 1 aliphatic rings. The van der Waals surface area contributed by atoms with Crippen molar-refractivity contribution in [3.8, 4) is 0 Å². The first kappa shape index (κ1) is 7.83. The Hall–Kier alpha value is -0.795. The third-order valence-corrected chi connectivity index (χ3v) is 2.06. The van der Waals surface area contributed by atoms with Crippen LogP contribution in [0, 0.1) is 0 Å². The van der Waals surface area contributed by atoms with Crippen LogP contribution in [0.2, 0.25) is 0 Å². The zero-order chi connectivity index (χ0) is 8.39. The van der Waals surface area contributed by atoms with Crippen molar-refractivity contribution in [3.05, 3.63) is 29.8 Å². The zero-order valence-corrected chi connectivity index (χ0v) is 7.12. The van der Waals surface area contributed by atoms with Gasteiger partial charge in [-0.25, -0.2) is 0 Å². The SMILES string of the molecule is Bc1ccccc1C1OCCO1. The topological polar surface area (TPSA) is 18.5 Å². The van der Waals surface area contributed by atoms with Gasteiger partial charge in [0.1, 0.15) is 7.85 Å². The first-order valence-corrected chi connectivity index (χ1v) is 4.16. The largest absolute Gasteiger partial charge is 0.346 e. The average Bonchev–Trinajstić information content (AvgIpc) is 2.57. The second-order valence-corrected chi connectivity index (χ2v) is 2.93. The molecule has 0 saturated carbocycles. The Morgan fingerprint density at radius 1 is 1.17 bits per heavy atom. The van der Waals surface area contributed by atoms with Crippen molar-refractivity contribution in [3.63, 3.8) is 0 Å². The van der Waals surface area contributed by atoms with Crippen LogP contribution < -0.4 is 5.46 Å². The van der Waals surface area contributed by atoms with E-state index < -0.39 is 0 Å². The van der Waals surface area contributed by atoms with Crippen molar-refractivity contribution in [2.24, 2.45) is 0 Å². The molecule has 1 aromatic carbocycles. The minimum atomic E-state index is -0.133. The van der Waals surface area contributed by atoms with Gasteiger partial charge in [-0.2, -0.15) is 0 Å². The summed E-state index contributed by atoms with van der Waals surface area (Å²) in [5, 5.41) is 0. The van der Waals surface area contributed by atoms with Gasteiger partial charge in [-0.3, -0.25) is 0 Å². The average molecular weight is 162 g/mol. The van der Waals surface area contributed by atoms with Crippen LogP contribution in [0.25, 0.3) is 0 Å². The summed E-state index contributed by atoms with van der Waals surface area (Å²) in [6, 6.07) is 8.15. The molecule has 1 fully saturated rings. The lowest BCUT2D eigenvalue weighted by Gasteiger charge is -2.11. The third-order valence-electron chi connectivity index (χ3n) is 2.06. The Labute approximate surface area is 72.9 Å². The van der Waals surface area contributed by atoms with E-state index in [-0.39, 0.29) is 6.29 Å². The molecule has 0 atom stereocenters. The molecule has 0 bridgehead atoms. The fourth-order valence-electron chi connectivity index (χ4n) is 1.39. The summed E-state index contributed by atoms with van der Waals surface area (Å²) in [7, 11) is 2.07. The Morgan fingerprint density at radius 2 is 1.83 bits per heavy atom. The monoisotopic (exact) mass is 162 g/mol. The number of benzene rings is 1. The van der Waals surface area contributed by atoms with E-state index in [2.05, 4.69) is 13.9 Å². The molecule has 62 valence electrons. The molecular formula is C9H11BO2. The Kier molecular flexibility index (Phi) is 2.15. The molecule has 0 radical (unpaired) electrons. The lowest BCUT2D eigenvalue weighted by Crippen LogP contribution is -2.14. The summed E-state index contributed by atoms with van der Waals surface area (Å²) in [4.78, 5) is 0. The van der Waals surface area contributed by atoms with Crippen molar-refractivity contribution < 1.29 is 9.47 Å². The molecule has 2 rings (SSSR count). The third kappa shape index (κ3) is 1.38. The number of hydrogen-bond donors (Lipinski definition) is 0.